The van der Waals surface area contributed by atoms with Crippen molar-refractivity contribution in [3.05, 3.63) is 52.8 Å². The highest BCUT2D eigenvalue weighted by Crippen LogP contribution is 2.42. The maximum absolute atomic E-state index is 6.53. The van der Waals surface area contributed by atoms with Crippen LogP contribution in [0.4, 0.5) is 11.4 Å². The molecule has 0 radical (unpaired) electrons. The van der Waals surface area contributed by atoms with Crippen molar-refractivity contribution in [2.75, 3.05) is 22.9 Å². The first kappa shape index (κ1) is 15.6. The lowest BCUT2D eigenvalue weighted by atomic mass is 10.2. The molecule has 0 amide bonds. The maximum atomic E-state index is 6.53. The lowest BCUT2D eigenvalue weighted by molar-refractivity contribution is 0.895. The van der Waals surface area contributed by atoms with Gasteiger partial charge in [0.2, 0.25) is 5.28 Å². The van der Waals surface area contributed by atoms with Gasteiger partial charge in [0.1, 0.15) is 5.82 Å². The monoisotopic (exact) mass is 329 g/mol. The van der Waals surface area contributed by atoms with Crippen LogP contribution in [0.15, 0.2) is 36.3 Å². The van der Waals surface area contributed by atoms with Gasteiger partial charge >= 0.3 is 0 Å². The molecule has 0 saturated heterocycles. The predicted molar refractivity (Wildman–Crippen MR) is 95.4 cm³/mol. The van der Waals surface area contributed by atoms with Crippen LogP contribution in [0.2, 0.25) is 5.28 Å². The van der Waals surface area contributed by atoms with Crippen molar-refractivity contribution in [3.63, 3.8) is 0 Å². The van der Waals surface area contributed by atoms with Crippen LogP contribution in [0.5, 0.6) is 0 Å². The highest BCUT2D eigenvalue weighted by atomic mass is 35.5. The molecule has 0 bridgehead atoms. The van der Waals surface area contributed by atoms with E-state index in [2.05, 4.69) is 45.7 Å². The molecule has 0 saturated carbocycles. The van der Waals surface area contributed by atoms with Gasteiger partial charge in [-0.25, -0.2) is 9.97 Å². The highest BCUT2D eigenvalue weighted by Gasteiger charge is 2.32. The van der Waals surface area contributed by atoms with E-state index in [1.165, 1.54) is 0 Å². The number of hydrogen-bond acceptors (Lipinski definition) is 5. The summed E-state index contributed by atoms with van der Waals surface area (Å²) in [4.78, 5) is 12.8. The van der Waals surface area contributed by atoms with Gasteiger partial charge in [-0.05, 0) is 50.1 Å². The van der Waals surface area contributed by atoms with Gasteiger partial charge in [-0.1, -0.05) is 12.1 Å². The van der Waals surface area contributed by atoms with Gasteiger partial charge in [0.15, 0.2) is 0 Å². The number of benzene rings is 1. The molecule has 2 heterocycles. The molecule has 0 unspecified atom stereocenters. The van der Waals surface area contributed by atoms with Gasteiger partial charge in [-0.15, -0.1) is 0 Å². The smallest absolute Gasteiger partial charge is 0.222 e. The molecule has 23 heavy (non-hydrogen) atoms. The normalized spacial score (nSPS) is 13.5. The number of aryl methyl sites for hydroxylation is 1. The Labute approximate surface area is 141 Å². The summed E-state index contributed by atoms with van der Waals surface area (Å²) in [7, 11) is 0. The molecule has 1 aromatic carbocycles. The summed E-state index contributed by atoms with van der Waals surface area (Å²) < 4.78 is 0. The van der Waals surface area contributed by atoms with Crippen LogP contribution >= 0.6 is 11.6 Å². The van der Waals surface area contributed by atoms with E-state index in [1.54, 1.807) is 6.20 Å². The second-order valence-electron chi connectivity index (χ2n) is 5.39. The number of halogens is 1. The number of nitrogens with zero attached hydrogens (tertiary/aromatic N) is 4. The molecule has 1 aliphatic rings. The van der Waals surface area contributed by atoms with Crippen LogP contribution < -0.4 is 15.5 Å². The standard InChI is InChI=1S/C17H20ClN5/c1-4-22-12-8-6-7-9-13(12)23(5-2)16(22)14(19)15-11(3)10-20-17(18)21-15/h6-10H,4-5,19H2,1-3H3. The number of para-hydroxylation sites is 2. The summed E-state index contributed by atoms with van der Waals surface area (Å²) >= 11 is 5.97. The minimum Gasteiger partial charge on any atom is -0.394 e. The van der Waals surface area contributed by atoms with Gasteiger partial charge in [-0.3, -0.25) is 0 Å². The third kappa shape index (κ3) is 2.51. The SMILES string of the molecule is CCN1C(=C(N)c2nc(Cl)ncc2C)N(CC)c2ccccc21. The van der Waals surface area contributed by atoms with Crippen molar-refractivity contribution >= 4 is 28.7 Å². The first-order valence-electron chi connectivity index (χ1n) is 7.71. The third-order valence-electron chi connectivity index (χ3n) is 4.05. The summed E-state index contributed by atoms with van der Waals surface area (Å²) in [5.41, 5.74) is 11.1. The van der Waals surface area contributed by atoms with E-state index in [9.17, 15) is 0 Å². The quantitative estimate of drug-likeness (QED) is 0.875. The summed E-state index contributed by atoms with van der Waals surface area (Å²) in [6.45, 7) is 7.81. The molecule has 2 aromatic rings. The maximum Gasteiger partial charge on any atom is 0.222 e. The van der Waals surface area contributed by atoms with Crippen molar-refractivity contribution in [1.82, 2.24) is 9.97 Å². The fraction of sp³-hybridized carbons (Fsp3) is 0.294. The zero-order valence-electron chi connectivity index (χ0n) is 13.5. The minimum atomic E-state index is 0.204. The largest absolute Gasteiger partial charge is 0.394 e. The lowest BCUT2D eigenvalue weighted by Crippen LogP contribution is -2.31. The highest BCUT2D eigenvalue weighted by molar-refractivity contribution is 6.28. The number of anilines is 2. The van der Waals surface area contributed by atoms with Crippen molar-refractivity contribution in [2.24, 2.45) is 5.73 Å². The number of nitrogens with two attached hydrogens (primary N) is 1. The average molecular weight is 330 g/mol. The van der Waals surface area contributed by atoms with E-state index >= 15 is 0 Å². The Hall–Kier alpha value is -2.27. The Morgan fingerprint density at radius 1 is 1.13 bits per heavy atom. The van der Waals surface area contributed by atoms with E-state index in [-0.39, 0.29) is 5.28 Å². The first-order valence-corrected chi connectivity index (χ1v) is 8.09. The van der Waals surface area contributed by atoms with Crippen molar-refractivity contribution in [3.8, 4) is 0 Å². The lowest BCUT2D eigenvalue weighted by Gasteiger charge is -2.25. The predicted octanol–water partition coefficient (Wildman–Crippen LogP) is 3.39. The Morgan fingerprint density at radius 3 is 2.22 bits per heavy atom. The van der Waals surface area contributed by atoms with Gasteiger partial charge in [0, 0.05) is 19.3 Å². The molecule has 5 nitrogen and oxygen atoms in total. The van der Waals surface area contributed by atoms with Crippen LogP contribution in [-0.4, -0.2) is 23.1 Å². The van der Waals surface area contributed by atoms with E-state index < -0.39 is 0 Å². The average Bonchev–Trinajstić information content (AvgIpc) is 2.89. The molecule has 6 heteroatoms. The molecule has 0 aliphatic carbocycles. The van der Waals surface area contributed by atoms with Gasteiger partial charge in [-0.2, -0.15) is 0 Å². The van der Waals surface area contributed by atoms with Crippen LogP contribution in [0.3, 0.4) is 0 Å². The van der Waals surface area contributed by atoms with Crippen LogP contribution in [0.1, 0.15) is 25.1 Å². The Kier molecular flexibility index (Phi) is 4.13. The summed E-state index contributed by atoms with van der Waals surface area (Å²) in [5, 5.41) is 0.204. The van der Waals surface area contributed by atoms with E-state index in [4.69, 9.17) is 17.3 Å². The summed E-state index contributed by atoms with van der Waals surface area (Å²) in [5.74, 6) is 0.953. The number of hydrogen-bond donors (Lipinski definition) is 1. The molecule has 1 aromatic heterocycles. The van der Waals surface area contributed by atoms with Crippen molar-refractivity contribution in [1.29, 1.82) is 0 Å². The van der Waals surface area contributed by atoms with Gasteiger partial charge in [0.25, 0.3) is 0 Å². The van der Waals surface area contributed by atoms with Crippen LogP contribution in [0.25, 0.3) is 5.70 Å². The van der Waals surface area contributed by atoms with E-state index in [0.717, 1.165) is 35.8 Å². The fourth-order valence-electron chi connectivity index (χ4n) is 3.02. The minimum absolute atomic E-state index is 0.204. The molecule has 3 rings (SSSR count). The van der Waals surface area contributed by atoms with E-state index in [0.29, 0.717) is 11.4 Å². The molecule has 2 N–H and O–H groups in total. The third-order valence-corrected chi connectivity index (χ3v) is 4.23. The van der Waals surface area contributed by atoms with Crippen molar-refractivity contribution < 1.29 is 0 Å². The fourth-order valence-corrected chi connectivity index (χ4v) is 3.16. The van der Waals surface area contributed by atoms with Crippen molar-refractivity contribution in [2.45, 2.75) is 20.8 Å². The molecular formula is C17H20ClN5. The second kappa shape index (κ2) is 6.08. The molecule has 0 spiro atoms. The topological polar surface area (TPSA) is 58.3 Å². The Bertz CT molecular complexity index is 738. The van der Waals surface area contributed by atoms with Crippen LogP contribution in [0, 0.1) is 6.92 Å². The molecule has 120 valence electrons. The van der Waals surface area contributed by atoms with Gasteiger partial charge < -0.3 is 15.5 Å². The van der Waals surface area contributed by atoms with Crippen LogP contribution in [-0.2, 0) is 0 Å². The zero-order valence-corrected chi connectivity index (χ0v) is 14.3. The molecule has 0 fully saturated rings. The molecule has 1 aliphatic heterocycles. The van der Waals surface area contributed by atoms with Gasteiger partial charge in [0.05, 0.1) is 22.8 Å². The van der Waals surface area contributed by atoms with E-state index in [1.807, 2.05) is 19.1 Å². The number of rotatable bonds is 3. The summed E-state index contributed by atoms with van der Waals surface area (Å²) in [6, 6.07) is 8.31. The Morgan fingerprint density at radius 2 is 1.70 bits per heavy atom. The number of fused-ring (bicyclic) bond motifs is 1. The Balaban J connectivity index is 2.22. The number of aromatic nitrogens is 2. The first-order chi connectivity index (χ1) is 11.1. The molecular weight excluding hydrogens is 310 g/mol. The molecule has 0 atom stereocenters. The summed E-state index contributed by atoms with van der Waals surface area (Å²) in [6.07, 6.45) is 1.70. The second-order valence-corrected chi connectivity index (χ2v) is 5.72. The zero-order chi connectivity index (χ0) is 16.6.